The maximum Gasteiger partial charge on any atom is 0.249 e. The van der Waals surface area contributed by atoms with Gasteiger partial charge in [-0.15, -0.1) is 0 Å². The number of nitrogens with zero attached hydrogens (tertiary/aromatic N) is 1. The minimum absolute atomic E-state index is 0.0322. The smallest absolute Gasteiger partial charge is 0.249 e. The molecule has 0 radical (unpaired) electrons. The van der Waals surface area contributed by atoms with Gasteiger partial charge in [-0.2, -0.15) is 0 Å². The van der Waals surface area contributed by atoms with E-state index >= 15 is 0 Å². The second-order valence-corrected chi connectivity index (χ2v) is 6.96. The van der Waals surface area contributed by atoms with Crippen LogP contribution < -0.4 is 5.32 Å². The average Bonchev–Trinajstić information content (AvgIpc) is 3.19. The Morgan fingerprint density at radius 1 is 1.33 bits per heavy atom. The van der Waals surface area contributed by atoms with Crippen LogP contribution in [0.1, 0.15) is 46.0 Å². The molecule has 1 N–H and O–H groups in total. The molecule has 3 fully saturated rings. The molecule has 1 aliphatic carbocycles. The molecule has 3 aliphatic rings. The van der Waals surface area contributed by atoms with Crippen molar-refractivity contribution in [1.82, 2.24) is 10.2 Å². The van der Waals surface area contributed by atoms with Gasteiger partial charge in [0.25, 0.3) is 0 Å². The third-order valence-electron chi connectivity index (χ3n) is 5.20. The van der Waals surface area contributed by atoms with Gasteiger partial charge >= 0.3 is 0 Å². The van der Waals surface area contributed by atoms with Gasteiger partial charge in [-0.05, 0) is 38.5 Å². The van der Waals surface area contributed by atoms with Crippen molar-refractivity contribution in [1.29, 1.82) is 0 Å². The Morgan fingerprint density at radius 3 is 2.67 bits per heavy atom. The first kappa shape index (κ1) is 14.8. The molecule has 5 nitrogen and oxygen atoms in total. The Labute approximate surface area is 126 Å². The molecule has 3 unspecified atom stereocenters. The van der Waals surface area contributed by atoms with E-state index in [1.54, 1.807) is 0 Å². The van der Waals surface area contributed by atoms with Crippen molar-refractivity contribution in [2.45, 2.75) is 57.5 Å². The van der Waals surface area contributed by atoms with Crippen LogP contribution in [0.5, 0.6) is 0 Å². The topological polar surface area (TPSA) is 58.6 Å². The lowest BCUT2D eigenvalue weighted by atomic mass is 9.87. The number of piperazine rings is 1. The van der Waals surface area contributed by atoms with Crippen LogP contribution in [0.3, 0.4) is 0 Å². The van der Waals surface area contributed by atoms with Crippen LogP contribution in [-0.4, -0.2) is 48.1 Å². The summed E-state index contributed by atoms with van der Waals surface area (Å²) < 4.78 is 5.43. The van der Waals surface area contributed by atoms with Crippen molar-refractivity contribution in [3.8, 4) is 0 Å². The van der Waals surface area contributed by atoms with Crippen LogP contribution >= 0.6 is 0 Å². The van der Waals surface area contributed by atoms with E-state index in [9.17, 15) is 9.59 Å². The summed E-state index contributed by atoms with van der Waals surface area (Å²) in [6, 6.07) is -0.296. The molecule has 0 spiro atoms. The van der Waals surface area contributed by atoms with Crippen LogP contribution in [0.25, 0.3) is 0 Å². The maximum atomic E-state index is 13.0. The number of carbonyl (C=O) groups is 2. The van der Waals surface area contributed by atoms with E-state index in [4.69, 9.17) is 4.74 Å². The first-order chi connectivity index (χ1) is 10.1. The summed E-state index contributed by atoms with van der Waals surface area (Å²) in [5.74, 6) is 0.848. The van der Waals surface area contributed by atoms with Gasteiger partial charge in [0.2, 0.25) is 11.8 Å². The van der Waals surface area contributed by atoms with E-state index in [2.05, 4.69) is 12.2 Å². The monoisotopic (exact) mass is 294 g/mol. The molecule has 3 rings (SSSR count). The van der Waals surface area contributed by atoms with Crippen LogP contribution in [-0.2, 0) is 14.3 Å². The quantitative estimate of drug-likeness (QED) is 0.832. The van der Waals surface area contributed by atoms with Gasteiger partial charge in [0.1, 0.15) is 11.6 Å². The molecule has 21 heavy (non-hydrogen) atoms. The molecule has 2 aliphatic heterocycles. The van der Waals surface area contributed by atoms with Gasteiger partial charge in [-0.1, -0.05) is 13.3 Å². The zero-order chi connectivity index (χ0) is 15.0. The van der Waals surface area contributed by atoms with E-state index < -0.39 is 5.54 Å². The largest absolute Gasteiger partial charge is 0.381 e. The van der Waals surface area contributed by atoms with E-state index in [-0.39, 0.29) is 17.9 Å². The molecule has 0 aromatic rings. The van der Waals surface area contributed by atoms with Crippen molar-refractivity contribution >= 4 is 11.8 Å². The molecule has 0 bridgehead atoms. The fraction of sp³-hybridized carbons (Fsp3) is 0.875. The molecule has 1 saturated carbocycles. The number of hydrogen-bond donors (Lipinski definition) is 1. The van der Waals surface area contributed by atoms with Crippen molar-refractivity contribution < 1.29 is 14.3 Å². The predicted octanol–water partition coefficient (Wildman–Crippen LogP) is 1.32. The Kier molecular flexibility index (Phi) is 3.95. The maximum absolute atomic E-state index is 13.0. The molecule has 2 amide bonds. The number of carbonyl (C=O) groups excluding carboxylic acids is 2. The lowest BCUT2D eigenvalue weighted by Crippen LogP contribution is -2.70. The summed E-state index contributed by atoms with van der Waals surface area (Å²) in [7, 11) is 0. The fourth-order valence-electron chi connectivity index (χ4n) is 3.69. The zero-order valence-corrected chi connectivity index (χ0v) is 13.1. The molecule has 0 aromatic carbocycles. The number of nitrogens with one attached hydrogen (secondary N) is 1. The van der Waals surface area contributed by atoms with Gasteiger partial charge in [-0.3, -0.25) is 9.59 Å². The first-order valence-electron chi connectivity index (χ1n) is 8.27. The normalized spacial score (nSPS) is 37.0. The highest BCUT2D eigenvalue weighted by Gasteiger charge is 2.55. The number of ether oxygens (including phenoxy) is 1. The number of hydrogen-bond acceptors (Lipinski definition) is 3. The molecule has 118 valence electrons. The molecule has 2 heterocycles. The fourth-order valence-corrected chi connectivity index (χ4v) is 3.69. The minimum atomic E-state index is -0.680. The molecular weight excluding hydrogens is 268 g/mol. The lowest BCUT2D eigenvalue weighted by Gasteiger charge is -2.45. The number of rotatable bonds is 5. The van der Waals surface area contributed by atoms with Gasteiger partial charge in [0, 0.05) is 19.1 Å². The molecule has 3 atom stereocenters. The highest BCUT2D eigenvalue weighted by Crippen LogP contribution is 2.42. The second-order valence-electron chi connectivity index (χ2n) is 6.96. The summed E-state index contributed by atoms with van der Waals surface area (Å²) in [6.45, 7) is 6.12. The van der Waals surface area contributed by atoms with E-state index in [1.807, 2.05) is 11.8 Å². The Hall–Kier alpha value is -1.10. The number of amides is 2. The van der Waals surface area contributed by atoms with Crippen molar-refractivity contribution in [2.24, 2.45) is 11.8 Å². The van der Waals surface area contributed by atoms with Crippen LogP contribution in [0, 0.1) is 11.8 Å². The highest BCUT2D eigenvalue weighted by atomic mass is 16.5. The van der Waals surface area contributed by atoms with Crippen LogP contribution in [0.4, 0.5) is 0 Å². The molecule has 2 saturated heterocycles. The standard InChI is InChI=1S/C16H26N2O3/c1-3-4-13-14(19)17-16(2,12-5-6-12)15(20)18(13)9-11-7-8-21-10-11/h11-13H,3-10H2,1-2H3,(H,17,19). The predicted molar refractivity (Wildman–Crippen MR) is 78.6 cm³/mol. The third kappa shape index (κ3) is 2.68. The zero-order valence-electron chi connectivity index (χ0n) is 13.1. The third-order valence-corrected chi connectivity index (χ3v) is 5.20. The van der Waals surface area contributed by atoms with Gasteiger partial charge in [-0.25, -0.2) is 0 Å². The molecule has 5 heteroatoms. The van der Waals surface area contributed by atoms with Gasteiger partial charge < -0.3 is 15.0 Å². The van der Waals surface area contributed by atoms with Crippen molar-refractivity contribution in [3.63, 3.8) is 0 Å². The van der Waals surface area contributed by atoms with Crippen molar-refractivity contribution in [2.75, 3.05) is 19.8 Å². The SMILES string of the molecule is CCCC1C(=O)NC(C)(C2CC2)C(=O)N1CC1CCOC1. The summed E-state index contributed by atoms with van der Waals surface area (Å²) in [4.78, 5) is 27.4. The summed E-state index contributed by atoms with van der Waals surface area (Å²) in [5, 5.41) is 3.03. The van der Waals surface area contributed by atoms with E-state index in [1.165, 1.54) is 0 Å². The Bertz CT molecular complexity index is 429. The summed E-state index contributed by atoms with van der Waals surface area (Å²) in [6.07, 6.45) is 4.72. The van der Waals surface area contributed by atoms with Crippen LogP contribution in [0.2, 0.25) is 0 Å². The van der Waals surface area contributed by atoms with Crippen molar-refractivity contribution in [3.05, 3.63) is 0 Å². The lowest BCUT2D eigenvalue weighted by molar-refractivity contribution is -0.156. The summed E-state index contributed by atoms with van der Waals surface area (Å²) in [5.41, 5.74) is -0.680. The van der Waals surface area contributed by atoms with E-state index in [0.717, 1.165) is 38.7 Å². The Balaban J connectivity index is 1.81. The average molecular weight is 294 g/mol. The van der Waals surface area contributed by atoms with Crippen LogP contribution in [0.15, 0.2) is 0 Å². The highest BCUT2D eigenvalue weighted by molar-refractivity contribution is 6.00. The minimum Gasteiger partial charge on any atom is -0.381 e. The first-order valence-corrected chi connectivity index (χ1v) is 8.27. The molecular formula is C16H26N2O3. The van der Waals surface area contributed by atoms with Gasteiger partial charge in [0.05, 0.1) is 6.61 Å². The molecule has 0 aromatic heterocycles. The van der Waals surface area contributed by atoms with E-state index in [0.29, 0.717) is 25.0 Å². The Morgan fingerprint density at radius 2 is 2.10 bits per heavy atom. The summed E-state index contributed by atoms with van der Waals surface area (Å²) >= 11 is 0. The second kappa shape index (κ2) is 5.59. The van der Waals surface area contributed by atoms with Gasteiger partial charge in [0.15, 0.2) is 0 Å².